The molecule has 158 valence electrons. The summed E-state index contributed by atoms with van der Waals surface area (Å²) in [5, 5.41) is 0. The smallest absolute Gasteiger partial charge is 0.422 e. The Morgan fingerprint density at radius 2 is 1.62 bits per heavy atom. The summed E-state index contributed by atoms with van der Waals surface area (Å²) in [6.45, 7) is 0.421. The maximum absolute atomic E-state index is 14.8. The molecule has 0 spiro atoms. The van der Waals surface area contributed by atoms with Crippen LogP contribution in [0.3, 0.4) is 0 Å². The van der Waals surface area contributed by atoms with Crippen LogP contribution in [0.1, 0.15) is 62.5 Å². The zero-order valence-corrected chi connectivity index (χ0v) is 16.4. The second-order valence-electron chi connectivity index (χ2n) is 7.65. The number of alkyl halides is 3. The van der Waals surface area contributed by atoms with Crippen molar-refractivity contribution in [1.82, 2.24) is 0 Å². The van der Waals surface area contributed by atoms with Gasteiger partial charge in [0.05, 0.1) is 0 Å². The van der Waals surface area contributed by atoms with E-state index in [1.807, 2.05) is 12.1 Å². The fraction of sp³-hybridized carbons (Fsp3) is 0.478. The van der Waals surface area contributed by atoms with Crippen LogP contribution in [0.15, 0.2) is 30.3 Å². The van der Waals surface area contributed by atoms with Crippen LogP contribution < -0.4 is 4.74 Å². The highest BCUT2D eigenvalue weighted by atomic mass is 19.4. The Labute approximate surface area is 167 Å². The van der Waals surface area contributed by atoms with Crippen molar-refractivity contribution in [3.05, 3.63) is 53.1 Å². The maximum atomic E-state index is 14.8. The van der Waals surface area contributed by atoms with Gasteiger partial charge in [-0.15, -0.1) is 0 Å². The molecular weight excluding hydrogens is 387 g/mol. The van der Waals surface area contributed by atoms with Gasteiger partial charge in [0, 0.05) is 5.56 Å². The van der Waals surface area contributed by atoms with Gasteiger partial charge in [-0.3, -0.25) is 0 Å². The minimum atomic E-state index is -4.62. The Hall–Kier alpha value is -2.11. The number of halogens is 5. The zero-order chi connectivity index (χ0) is 21.0. The Bertz CT molecular complexity index is 838. The zero-order valence-electron chi connectivity index (χ0n) is 16.4. The predicted octanol–water partition coefficient (Wildman–Crippen LogP) is 7.57. The molecule has 1 nitrogen and oxygen atoms in total. The van der Waals surface area contributed by atoms with Gasteiger partial charge < -0.3 is 4.74 Å². The van der Waals surface area contributed by atoms with Crippen molar-refractivity contribution in [2.75, 3.05) is 6.61 Å². The van der Waals surface area contributed by atoms with Gasteiger partial charge in [-0.1, -0.05) is 50.8 Å². The lowest BCUT2D eigenvalue weighted by Crippen LogP contribution is -2.19. The summed E-state index contributed by atoms with van der Waals surface area (Å²) in [5.41, 5.74) is 2.82. The Balaban J connectivity index is 1.99. The van der Waals surface area contributed by atoms with Crippen molar-refractivity contribution in [3.8, 4) is 16.9 Å². The lowest BCUT2D eigenvalue weighted by atomic mass is 9.80. The molecule has 2 aromatic carbocycles. The first-order valence-electron chi connectivity index (χ1n) is 10.1. The van der Waals surface area contributed by atoms with Gasteiger partial charge in [0.1, 0.15) is 0 Å². The fourth-order valence-corrected chi connectivity index (χ4v) is 4.06. The molecule has 0 saturated heterocycles. The minimum Gasteiger partial charge on any atom is -0.481 e. The molecule has 29 heavy (non-hydrogen) atoms. The molecule has 1 fully saturated rings. The molecule has 6 heteroatoms. The topological polar surface area (TPSA) is 9.23 Å². The highest BCUT2D eigenvalue weighted by Gasteiger charge is 2.30. The summed E-state index contributed by atoms with van der Waals surface area (Å²) in [4.78, 5) is 0. The van der Waals surface area contributed by atoms with Crippen LogP contribution in [0.25, 0.3) is 11.1 Å². The molecule has 3 rings (SSSR count). The molecule has 1 aliphatic carbocycles. The van der Waals surface area contributed by atoms with E-state index < -0.39 is 30.2 Å². The number of aryl methyl sites for hydroxylation is 1. The molecule has 0 bridgehead atoms. The van der Waals surface area contributed by atoms with Crippen LogP contribution >= 0.6 is 0 Å². The van der Waals surface area contributed by atoms with Crippen molar-refractivity contribution < 1.29 is 26.7 Å². The number of ether oxygens (including phenoxy) is 1. The summed E-state index contributed by atoms with van der Waals surface area (Å²) in [5.74, 6) is -3.02. The fourth-order valence-electron chi connectivity index (χ4n) is 4.06. The van der Waals surface area contributed by atoms with Gasteiger partial charge >= 0.3 is 6.18 Å². The summed E-state index contributed by atoms with van der Waals surface area (Å²) in [7, 11) is 0. The number of hydrogen-bond donors (Lipinski definition) is 0. The van der Waals surface area contributed by atoms with E-state index in [0.717, 1.165) is 55.7 Å². The molecule has 0 radical (unpaired) electrons. The average Bonchev–Trinajstić information content (AvgIpc) is 2.70. The van der Waals surface area contributed by atoms with Crippen molar-refractivity contribution in [2.45, 2.75) is 64.0 Å². The summed E-state index contributed by atoms with van der Waals surface area (Å²) in [6, 6.07) is 8.19. The first kappa shape index (κ1) is 21.6. The maximum Gasteiger partial charge on any atom is 0.422 e. The van der Waals surface area contributed by atoms with Gasteiger partial charge in [0.2, 0.25) is 5.82 Å². The third-order valence-corrected chi connectivity index (χ3v) is 5.43. The summed E-state index contributed by atoms with van der Waals surface area (Å²) < 4.78 is 70.7. The molecule has 0 unspecified atom stereocenters. The molecule has 2 aromatic rings. The molecule has 0 aliphatic heterocycles. The van der Waals surface area contributed by atoms with E-state index in [4.69, 9.17) is 0 Å². The standard InChI is InChI=1S/C23H25F5O/c1-2-6-15-9-10-17(19(13-15)16-7-4-3-5-8-16)18-11-12-20(22(25)21(18)24)29-14-23(26,27)28/h9-13,16H,2-8,14H2,1H3. The Morgan fingerprint density at radius 1 is 0.931 bits per heavy atom. The third kappa shape index (κ3) is 5.28. The summed E-state index contributed by atoms with van der Waals surface area (Å²) in [6.07, 6.45) is 2.64. The van der Waals surface area contributed by atoms with Crippen LogP contribution in [0.5, 0.6) is 5.75 Å². The normalized spacial score (nSPS) is 15.5. The minimum absolute atomic E-state index is 0.0606. The van der Waals surface area contributed by atoms with Crippen molar-refractivity contribution in [2.24, 2.45) is 0 Å². The SMILES string of the molecule is CCCc1ccc(-c2ccc(OCC(F)(F)F)c(F)c2F)c(C2CCCCC2)c1. The first-order valence-corrected chi connectivity index (χ1v) is 10.1. The monoisotopic (exact) mass is 412 g/mol. The number of rotatable bonds is 6. The third-order valence-electron chi connectivity index (χ3n) is 5.43. The van der Waals surface area contributed by atoms with E-state index in [2.05, 4.69) is 17.7 Å². The van der Waals surface area contributed by atoms with E-state index >= 15 is 0 Å². The van der Waals surface area contributed by atoms with Gasteiger partial charge in [-0.05, 0) is 54.0 Å². The van der Waals surface area contributed by atoms with Crippen LogP contribution in [-0.2, 0) is 6.42 Å². The Kier molecular flexibility index (Phi) is 6.81. The highest BCUT2D eigenvalue weighted by Crippen LogP contribution is 2.40. The van der Waals surface area contributed by atoms with Gasteiger partial charge in [0.25, 0.3) is 0 Å². The van der Waals surface area contributed by atoms with Crippen LogP contribution in [0, 0.1) is 11.6 Å². The van der Waals surface area contributed by atoms with Crippen LogP contribution in [-0.4, -0.2) is 12.8 Å². The van der Waals surface area contributed by atoms with Crippen molar-refractivity contribution in [3.63, 3.8) is 0 Å². The molecule has 0 atom stereocenters. The molecule has 0 heterocycles. The van der Waals surface area contributed by atoms with Crippen LogP contribution in [0.2, 0.25) is 0 Å². The molecule has 0 amide bonds. The lowest BCUT2D eigenvalue weighted by molar-refractivity contribution is -0.153. The van der Waals surface area contributed by atoms with E-state index in [1.54, 1.807) is 0 Å². The predicted molar refractivity (Wildman–Crippen MR) is 103 cm³/mol. The van der Waals surface area contributed by atoms with Gasteiger partial charge in [0.15, 0.2) is 18.2 Å². The average molecular weight is 412 g/mol. The largest absolute Gasteiger partial charge is 0.481 e. The first-order chi connectivity index (χ1) is 13.8. The van der Waals surface area contributed by atoms with Crippen LogP contribution in [0.4, 0.5) is 22.0 Å². The van der Waals surface area contributed by atoms with E-state index in [-0.39, 0.29) is 11.5 Å². The van der Waals surface area contributed by atoms with Gasteiger partial charge in [-0.2, -0.15) is 17.6 Å². The van der Waals surface area contributed by atoms with Gasteiger partial charge in [-0.25, -0.2) is 4.39 Å². The van der Waals surface area contributed by atoms with E-state index in [0.29, 0.717) is 5.56 Å². The second kappa shape index (κ2) is 9.14. The lowest BCUT2D eigenvalue weighted by Gasteiger charge is -2.25. The number of benzene rings is 2. The number of hydrogen-bond acceptors (Lipinski definition) is 1. The van der Waals surface area contributed by atoms with E-state index in [1.165, 1.54) is 12.5 Å². The molecule has 1 aliphatic rings. The van der Waals surface area contributed by atoms with Crippen molar-refractivity contribution in [1.29, 1.82) is 0 Å². The summed E-state index contributed by atoms with van der Waals surface area (Å²) >= 11 is 0. The second-order valence-corrected chi connectivity index (χ2v) is 7.65. The van der Waals surface area contributed by atoms with E-state index in [9.17, 15) is 22.0 Å². The quantitative estimate of drug-likeness (QED) is 0.445. The highest BCUT2D eigenvalue weighted by molar-refractivity contribution is 5.70. The molecular formula is C23H25F5O. The molecule has 0 aromatic heterocycles. The van der Waals surface area contributed by atoms with Crippen molar-refractivity contribution >= 4 is 0 Å². The molecule has 0 N–H and O–H groups in total. The molecule has 1 saturated carbocycles. The Morgan fingerprint density at radius 3 is 2.28 bits per heavy atom.